The summed E-state index contributed by atoms with van der Waals surface area (Å²) in [5.41, 5.74) is 0.383. The lowest BCUT2D eigenvalue weighted by Gasteiger charge is -2.35. The van der Waals surface area contributed by atoms with Gasteiger partial charge in [0.25, 0.3) is 0 Å². The third-order valence-electron chi connectivity index (χ3n) is 2.66. The topological polar surface area (TPSA) is 15.3 Å². The van der Waals surface area contributed by atoms with Crippen LogP contribution < -0.4 is 5.32 Å². The van der Waals surface area contributed by atoms with Crippen LogP contribution in [0.2, 0.25) is 0 Å². The first-order valence-corrected chi connectivity index (χ1v) is 6.19. The van der Waals surface area contributed by atoms with Gasteiger partial charge in [0.2, 0.25) is 0 Å². The molecule has 0 saturated heterocycles. The molecular formula is C13H30N2. The standard InChI is InChI=1S/C13H30N2/c1-8-14-9-12(11(2)3)15(7)10-13(4,5)6/h11-12,14H,8-10H2,1-7H3. The Morgan fingerprint density at radius 1 is 1.20 bits per heavy atom. The van der Waals surface area contributed by atoms with E-state index in [1.54, 1.807) is 0 Å². The molecule has 0 aliphatic carbocycles. The number of nitrogens with zero attached hydrogens (tertiary/aromatic N) is 1. The molecule has 2 heteroatoms. The Morgan fingerprint density at radius 3 is 2.07 bits per heavy atom. The smallest absolute Gasteiger partial charge is 0.0240 e. The van der Waals surface area contributed by atoms with Crippen LogP contribution in [0.25, 0.3) is 0 Å². The van der Waals surface area contributed by atoms with Crippen molar-refractivity contribution in [1.29, 1.82) is 0 Å². The maximum absolute atomic E-state index is 3.45. The lowest BCUT2D eigenvalue weighted by atomic mass is 9.93. The quantitative estimate of drug-likeness (QED) is 0.731. The largest absolute Gasteiger partial charge is 0.315 e. The van der Waals surface area contributed by atoms with E-state index in [4.69, 9.17) is 0 Å². The number of hydrogen-bond donors (Lipinski definition) is 1. The van der Waals surface area contributed by atoms with Crippen LogP contribution in [0.4, 0.5) is 0 Å². The van der Waals surface area contributed by atoms with E-state index < -0.39 is 0 Å². The molecule has 92 valence electrons. The molecular weight excluding hydrogens is 184 g/mol. The van der Waals surface area contributed by atoms with Crippen LogP contribution in [0.15, 0.2) is 0 Å². The summed E-state index contributed by atoms with van der Waals surface area (Å²) in [7, 11) is 2.24. The van der Waals surface area contributed by atoms with Crippen LogP contribution in [-0.2, 0) is 0 Å². The second kappa shape index (κ2) is 6.49. The van der Waals surface area contributed by atoms with Gasteiger partial charge in [0.15, 0.2) is 0 Å². The Labute approximate surface area is 96.4 Å². The van der Waals surface area contributed by atoms with Gasteiger partial charge in [-0.15, -0.1) is 0 Å². The van der Waals surface area contributed by atoms with Crippen molar-refractivity contribution >= 4 is 0 Å². The van der Waals surface area contributed by atoms with E-state index in [0.717, 1.165) is 19.6 Å². The lowest BCUT2D eigenvalue weighted by Crippen LogP contribution is -2.46. The molecule has 0 aliphatic heterocycles. The van der Waals surface area contributed by atoms with Crippen LogP contribution in [0.1, 0.15) is 41.5 Å². The van der Waals surface area contributed by atoms with Crippen LogP contribution in [0.3, 0.4) is 0 Å². The maximum Gasteiger partial charge on any atom is 0.0240 e. The summed E-state index contributed by atoms with van der Waals surface area (Å²) < 4.78 is 0. The van der Waals surface area contributed by atoms with Crippen molar-refractivity contribution in [3.8, 4) is 0 Å². The monoisotopic (exact) mass is 214 g/mol. The Morgan fingerprint density at radius 2 is 1.73 bits per heavy atom. The van der Waals surface area contributed by atoms with E-state index in [9.17, 15) is 0 Å². The molecule has 0 spiro atoms. The number of likely N-dealkylation sites (N-methyl/N-ethyl adjacent to an activating group) is 2. The molecule has 0 amide bonds. The van der Waals surface area contributed by atoms with Crippen LogP contribution in [0.5, 0.6) is 0 Å². The minimum Gasteiger partial charge on any atom is -0.315 e. The normalized spacial score (nSPS) is 15.0. The highest BCUT2D eigenvalue weighted by Crippen LogP contribution is 2.18. The molecule has 0 aromatic carbocycles. The molecule has 0 fully saturated rings. The van der Waals surface area contributed by atoms with Crippen molar-refractivity contribution in [2.75, 3.05) is 26.7 Å². The minimum absolute atomic E-state index is 0.383. The zero-order valence-corrected chi connectivity index (χ0v) is 11.7. The van der Waals surface area contributed by atoms with E-state index in [1.807, 2.05) is 0 Å². The van der Waals surface area contributed by atoms with Crippen molar-refractivity contribution in [3.05, 3.63) is 0 Å². The second-order valence-corrected chi connectivity index (χ2v) is 6.09. The molecule has 1 N–H and O–H groups in total. The van der Waals surface area contributed by atoms with Crippen molar-refractivity contribution < 1.29 is 0 Å². The van der Waals surface area contributed by atoms with Gasteiger partial charge in [-0.3, -0.25) is 0 Å². The average molecular weight is 214 g/mol. The van der Waals surface area contributed by atoms with Crippen molar-refractivity contribution in [1.82, 2.24) is 10.2 Å². The number of hydrogen-bond acceptors (Lipinski definition) is 2. The SMILES string of the molecule is CCNCC(C(C)C)N(C)CC(C)(C)C. The molecule has 1 atom stereocenters. The summed E-state index contributed by atoms with van der Waals surface area (Å²) in [5, 5.41) is 3.45. The Kier molecular flexibility index (Phi) is 6.46. The van der Waals surface area contributed by atoms with Crippen LogP contribution >= 0.6 is 0 Å². The van der Waals surface area contributed by atoms with E-state index >= 15 is 0 Å². The van der Waals surface area contributed by atoms with E-state index in [1.165, 1.54) is 0 Å². The molecule has 0 heterocycles. The molecule has 0 aliphatic rings. The highest BCUT2D eigenvalue weighted by Gasteiger charge is 2.22. The Hall–Kier alpha value is -0.0800. The van der Waals surface area contributed by atoms with Crippen molar-refractivity contribution in [2.24, 2.45) is 11.3 Å². The summed E-state index contributed by atoms with van der Waals surface area (Å²) >= 11 is 0. The van der Waals surface area contributed by atoms with Crippen molar-refractivity contribution in [3.63, 3.8) is 0 Å². The molecule has 0 saturated carbocycles. The molecule has 2 nitrogen and oxygen atoms in total. The Bertz CT molecular complexity index is 158. The van der Waals surface area contributed by atoms with Gasteiger partial charge in [0, 0.05) is 19.1 Å². The van der Waals surface area contributed by atoms with Gasteiger partial charge in [0.1, 0.15) is 0 Å². The van der Waals surface area contributed by atoms with Gasteiger partial charge in [-0.25, -0.2) is 0 Å². The third-order valence-corrected chi connectivity index (χ3v) is 2.66. The molecule has 0 rings (SSSR count). The van der Waals surface area contributed by atoms with Gasteiger partial charge in [-0.05, 0) is 24.9 Å². The second-order valence-electron chi connectivity index (χ2n) is 6.09. The summed E-state index contributed by atoms with van der Waals surface area (Å²) in [4.78, 5) is 2.49. The predicted molar refractivity (Wildman–Crippen MR) is 69.3 cm³/mol. The first kappa shape index (κ1) is 14.9. The predicted octanol–water partition coefficient (Wildman–Crippen LogP) is 2.60. The van der Waals surface area contributed by atoms with Gasteiger partial charge in [-0.1, -0.05) is 41.5 Å². The summed E-state index contributed by atoms with van der Waals surface area (Å²) in [6.45, 7) is 17.0. The zero-order valence-electron chi connectivity index (χ0n) is 11.7. The molecule has 0 bridgehead atoms. The fourth-order valence-electron chi connectivity index (χ4n) is 2.06. The summed E-state index contributed by atoms with van der Waals surface area (Å²) in [6.07, 6.45) is 0. The minimum atomic E-state index is 0.383. The zero-order chi connectivity index (χ0) is 12.1. The first-order chi connectivity index (χ1) is 6.78. The van der Waals surface area contributed by atoms with E-state index in [2.05, 4.69) is 58.8 Å². The first-order valence-electron chi connectivity index (χ1n) is 6.19. The van der Waals surface area contributed by atoms with E-state index in [0.29, 0.717) is 17.4 Å². The van der Waals surface area contributed by atoms with Gasteiger partial charge in [-0.2, -0.15) is 0 Å². The molecule has 0 aromatic heterocycles. The van der Waals surface area contributed by atoms with Gasteiger partial charge in [0.05, 0.1) is 0 Å². The fraction of sp³-hybridized carbons (Fsp3) is 1.00. The maximum atomic E-state index is 3.45. The number of nitrogens with one attached hydrogen (secondary N) is 1. The molecule has 15 heavy (non-hydrogen) atoms. The fourth-order valence-corrected chi connectivity index (χ4v) is 2.06. The van der Waals surface area contributed by atoms with Gasteiger partial charge >= 0.3 is 0 Å². The Balaban J connectivity index is 4.22. The van der Waals surface area contributed by atoms with Crippen LogP contribution in [-0.4, -0.2) is 37.6 Å². The lowest BCUT2D eigenvalue weighted by molar-refractivity contribution is 0.137. The number of rotatable bonds is 6. The van der Waals surface area contributed by atoms with Crippen molar-refractivity contribution in [2.45, 2.75) is 47.6 Å². The summed E-state index contributed by atoms with van der Waals surface area (Å²) in [6, 6.07) is 0.643. The average Bonchev–Trinajstić information content (AvgIpc) is 2.00. The van der Waals surface area contributed by atoms with Gasteiger partial charge < -0.3 is 10.2 Å². The van der Waals surface area contributed by atoms with E-state index in [-0.39, 0.29) is 0 Å². The molecule has 1 unspecified atom stereocenters. The summed E-state index contributed by atoms with van der Waals surface area (Å²) in [5.74, 6) is 0.705. The molecule has 0 radical (unpaired) electrons. The molecule has 0 aromatic rings. The highest BCUT2D eigenvalue weighted by molar-refractivity contribution is 4.78. The van der Waals surface area contributed by atoms with Crippen LogP contribution in [0, 0.1) is 11.3 Å². The third kappa shape index (κ3) is 6.91. The highest BCUT2D eigenvalue weighted by atomic mass is 15.2.